The molecule has 6 nitrogen and oxygen atoms in total. The zero-order valence-electron chi connectivity index (χ0n) is 47.4. The van der Waals surface area contributed by atoms with Gasteiger partial charge in [0.1, 0.15) is 13.2 Å². The Bertz CT molecular complexity index is 1380. The molecule has 0 aromatic rings. The smallest absolute Gasteiger partial charge is 0.306 e. The molecule has 0 aromatic carbocycles. The average Bonchev–Trinajstić information content (AvgIpc) is 3.38. The molecule has 1 atom stereocenters. The van der Waals surface area contributed by atoms with E-state index in [2.05, 4.69) is 106 Å². The van der Waals surface area contributed by atoms with Gasteiger partial charge in [0.15, 0.2) is 6.10 Å². The lowest BCUT2D eigenvalue weighted by Gasteiger charge is -2.18. The topological polar surface area (TPSA) is 78.9 Å². The first-order chi connectivity index (χ1) is 35.5. The van der Waals surface area contributed by atoms with E-state index < -0.39 is 6.10 Å². The van der Waals surface area contributed by atoms with Crippen LogP contribution >= 0.6 is 0 Å². The summed E-state index contributed by atoms with van der Waals surface area (Å²) in [5.41, 5.74) is 0. The monoisotopic (exact) mass is 1000 g/mol. The lowest BCUT2D eigenvalue weighted by Crippen LogP contribution is -2.30. The SMILES string of the molecule is CC/C=C\C/C=C\C/C=C\C/C=C\C/C=C\CCCCCCCCCCCC(=O)OCC(COC(=O)CCCCCCC/C=C\C/C=C\CCC)OC(=O)CCCCCCCCCCCCCCCCCC. The van der Waals surface area contributed by atoms with Crippen LogP contribution in [0.5, 0.6) is 0 Å². The van der Waals surface area contributed by atoms with Gasteiger partial charge < -0.3 is 14.2 Å². The number of unbranched alkanes of at least 4 members (excludes halogenated alkanes) is 30. The summed E-state index contributed by atoms with van der Waals surface area (Å²) in [5, 5.41) is 0. The Morgan fingerprint density at radius 1 is 0.292 bits per heavy atom. The third-order valence-electron chi connectivity index (χ3n) is 13.1. The number of ether oxygens (including phenoxy) is 3. The van der Waals surface area contributed by atoms with Gasteiger partial charge in [0.05, 0.1) is 0 Å². The second kappa shape index (κ2) is 60.1. The molecule has 6 heteroatoms. The van der Waals surface area contributed by atoms with Gasteiger partial charge in [-0.15, -0.1) is 0 Å². The van der Waals surface area contributed by atoms with Crippen molar-refractivity contribution in [2.45, 2.75) is 303 Å². The van der Waals surface area contributed by atoms with Gasteiger partial charge >= 0.3 is 17.9 Å². The van der Waals surface area contributed by atoms with Crippen LogP contribution in [-0.2, 0) is 28.6 Å². The molecular formula is C66H114O6. The van der Waals surface area contributed by atoms with Gasteiger partial charge in [-0.2, -0.15) is 0 Å². The fourth-order valence-corrected chi connectivity index (χ4v) is 8.57. The Kier molecular flexibility index (Phi) is 57.3. The van der Waals surface area contributed by atoms with Crippen molar-refractivity contribution < 1.29 is 28.6 Å². The summed E-state index contributed by atoms with van der Waals surface area (Å²) in [6.45, 7) is 6.47. The van der Waals surface area contributed by atoms with E-state index in [4.69, 9.17) is 14.2 Å². The molecule has 0 rings (SSSR count). The minimum Gasteiger partial charge on any atom is -0.462 e. The maximum Gasteiger partial charge on any atom is 0.306 e. The molecule has 0 spiro atoms. The third-order valence-corrected chi connectivity index (χ3v) is 13.1. The molecule has 0 aliphatic carbocycles. The number of hydrogen-bond donors (Lipinski definition) is 0. The lowest BCUT2D eigenvalue weighted by atomic mass is 10.0. The lowest BCUT2D eigenvalue weighted by molar-refractivity contribution is -0.167. The largest absolute Gasteiger partial charge is 0.462 e. The summed E-state index contributed by atoms with van der Waals surface area (Å²) in [7, 11) is 0. The molecule has 0 aromatic heterocycles. The van der Waals surface area contributed by atoms with Crippen LogP contribution in [0.15, 0.2) is 85.1 Å². The normalized spacial score (nSPS) is 12.7. The summed E-state index contributed by atoms with van der Waals surface area (Å²) < 4.78 is 16.9. The van der Waals surface area contributed by atoms with Crippen LogP contribution in [0.3, 0.4) is 0 Å². The Hall–Kier alpha value is -3.41. The first-order valence-corrected chi connectivity index (χ1v) is 30.6. The Balaban J connectivity index is 4.32. The molecule has 0 saturated heterocycles. The molecule has 72 heavy (non-hydrogen) atoms. The molecular weight excluding hydrogens is 889 g/mol. The summed E-state index contributed by atoms with van der Waals surface area (Å²) in [5.74, 6) is -0.891. The van der Waals surface area contributed by atoms with E-state index in [1.54, 1.807) is 0 Å². The van der Waals surface area contributed by atoms with Gasteiger partial charge in [0, 0.05) is 19.3 Å². The number of carbonyl (C=O) groups excluding carboxylic acids is 3. The van der Waals surface area contributed by atoms with Crippen molar-refractivity contribution >= 4 is 17.9 Å². The number of hydrogen-bond acceptors (Lipinski definition) is 6. The fraction of sp³-hybridized carbons (Fsp3) is 0.742. The van der Waals surface area contributed by atoms with E-state index in [9.17, 15) is 14.4 Å². The zero-order valence-corrected chi connectivity index (χ0v) is 47.4. The van der Waals surface area contributed by atoms with Crippen molar-refractivity contribution in [3.05, 3.63) is 85.1 Å². The van der Waals surface area contributed by atoms with Crippen molar-refractivity contribution in [1.29, 1.82) is 0 Å². The second-order valence-electron chi connectivity index (χ2n) is 20.2. The Labute approximate surface area is 445 Å². The number of esters is 3. The standard InChI is InChI=1S/C66H114O6/c1-4-7-10-13-16-19-22-25-27-29-30-31-32-33-34-35-36-37-39-41-44-47-50-53-56-59-65(68)71-62-63(61-70-64(67)58-55-52-49-46-43-40-24-21-18-15-12-9-6-3)72-66(69)60-57-54-51-48-45-42-38-28-26-23-20-17-14-11-8-5-2/h7,10,12,15-16,19,21,24-25,27,30-31,33-34,63H,4-6,8-9,11,13-14,17-18,20,22-23,26,28-29,32,35-62H2,1-3H3/b10-7-,15-12-,19-16-,24-21-,27-25-,31-30-,34-33-. The number of rotatable bonds is 55. The molecule has 0 bridgehead atoms. The van der Waals surface area contributed by atoms with Gasteiger partial charge in [-0.05, 0) is 89.9 Å². The van der Waals surface area contributed by atoms with E-state index in [-0.39, 0.29) is 31.1 Å². The molecule has 0 aliphatic rings. The van der Waals surface area contributed by atoms with E-state index in [1.165, 1.54) is 135 Å². The van der Waals surface area contributed by atoms with Crippen molar-refractivity contribution in [3.63, 3.8) is 0 Å². The highest BCUT2D eigenvalue weighted by Crippen LogP contribution is 2.16. The molecule has 0 saturated carbocycles. The van der Waals surface area contributed by atoms with Crippen molar-refractivity contribution in [2.24, 2.45) is 0 Å². The van der Waals surface area contributed by atoms with Crippen LogP contribution in [0.4, 0.5) is 0 Å². The van der Waals surface area contributed by atoms with Crippen molar-refractivity contribution in [1.82, 2.24) is 0 Å². The van der Waals surface area contributed by atoms with Crippen LogP contribution in [0.2, 0.25) is 0 Å². The van der Waals surface area contributed by atoms with Gasteiger partial charge in [-0.25, -0.2) is 0 Å². The molecule has 1 unspecified atom stereocenters. The highest BCUT2D eigenvalue weighted by atomic mass is 16.6. The first-order valence-electron chi connectivity index (χ1n) is 30.6. The van der Waals surface area contributed by atoms with Gasteiger partial charge in [-0.1, -0.05) is 273 Å². The van der Waals surface area contributed by atoms with E-state index in [0.717, 1.165) is 122 Å². The summed E-state index contributed by atoms with van der Waals surface area (Å²) in [6, 6.07) is 0. The molecule has 414 valence electrons. The third kappa shape index (κ3) is 57.5. The van der Waals surface area contributed by atoms with Crippen LogP contribution in [0.1, 0.15) is 297 Å². The minimum absolute atomic E-state index is 0.0820. The molecule has 0 fully saturated rings. The summed E-state index contributed by atoms with van der Waals surface area (Å²) in [6.07, 6.45) is 78.6. The van der Waals surface area contributed by atoms with E-state index in [0.29, 0.717) is 19.3 Å². The van der Waals surface area contributed by atoms with Crippen molar-refractivity contribution in [3.8, 4) is 0 Å². The molecule has 0 aliphatic heterocycles. The predicted octanol–water partition coefficient (Wildman–Crippen LogP) is 20.7. The molecule has 0 radical (unpaired) electrons. The number of carbonyl (C=O) groups is 3. The highest BCUT2D eigenvalue weighted by Gasteiger charge is 2.19. The van der Waals surface area contributed by atoms with Crippen molar-refractivity contribution in [2.75, 3.05) is 13.2 Å². The Morgan fingerprint density at radius 3 is 0.903 bits per heavy atom. The van der Waals surface area contributed by atoms with E-state index >= 15 is 0 Å². The molecule has 0 heterocycles. The maximum absolute atomic E-state index is 12.9. The maximum atomic E-state index is 12.9. The first kappa shape index (κ1) is 68.6. The van der Waals surface area contributed by atoms with Gasteiger partial charge in [0.25, 0.3) is 0 Å². The fourth-order valence-electron chi connectivity index (χ4n) is 8.57. The summed E-state index contributed by atoms with van der Waals surface area (Å²) >= 11 is 0. The van der Waals surface area contributed by atoms with E-state index in [1.807, 2.05) is 0 Å². The average molecular weight is 1000 g/mol. The van der Waals surface area contributed by atoms with Crippen LogP contribution < -0.4 is 0 Å². The number of allylic oxidation sites excluding steroid dienone is 14. The van der Waals surface area contributed by atoms with Gasteiger partial charge in [0.2, 0.25) is 0 Å². The quantitative estimate of drug-likeness (QED) is 0.0261. The predicted molar refractivity (Wildman–Crippen MR) is 311 cm³/mol. The summed E-state index contributed by atoms with van der Waals surface area (Å²) in [4.78, 5) is 38.2. The van der Waals surface area contributed by atoms with Gasteiger partial charge in [-0.3, -0.25) is 14.4 Å². The minimum atomic E-state index is -0.784. The van der Waals surface area contributed by atoms with Crippen LogP contribution in [-0.4, -0.2) is 37.2 Å². The molecule has 0 amide bonds. The highest BCUT2D eigenvalue weighted by molar-refractivity contribution is 5.71. The zero-order chi connectivity index (χ0) is 52.2. The van der Waals surface area contributed by atoms with Crippen LogP contribution in [0, 0.1) is 0 Å². The van der Waals surface area contributed by atoms with Crippen LogP contribution in [0.25, 0.3) is 0 Å². The molecule has 0 N–H and O–H groups in total. The Morgan fingerprint density at radius 2 is 0.569 bits per heavy atom. The second-order valence-corrected chi connectivity index (χ2v) is 20.2.